The van der Waals surface area contributed by atoms with Crippen molar-refractivity contribution in [3.05, 3.63) is 40.4 Å². The van der Waals surface area contributed by atoms with Crippen LogP contribution in [0.5, 0.6) is 0 Å². The van der Waals surface area contributed by atoms with Gasteiger partial charge in [0.15, 0.2) is 0 Å². The van der Waals surface area contributed by atoms with Gasteiger partial charge < -0.3 is 4.90 Å². The lowest BCUT2D eigenvalue weighted by molar-refractivity contribution is -0.126. The molecule has 0 atom stereocenters. The van der Waals surface area contributed by atoms with Gasteiger partial charge in [-0.2, -0.15) is 0 Å². The third-order valence-corrected chi connectivity index (χ3v) is 3.43. The summed E-state index contributed by atoms with van der Waals surface area (Å²) in [6.45, 7) is 1.81. The highest BCUT2D eigenvalue weighted by Crippen LogP contribution is 2.13. The molecule has 90 valence electrons. The van der Waals surface area contributed by atoms with Crippen LogP contribution in [-0.4, -0.2) is 23.9 Å². The molecule has 17 heavy (non-hydrogen) atoms. The van der Waals surface area contributed by atoms with Crippen LogP contribution in [-0.2, 0) is 4.79 Å². The Kier molecular flexibility index (Phi) is 4.37. The number of hydrogen-bond donors (Lipinski definition) is 0. The number of carbonyl (C=O) groups is 1. The van der Waals surface area contributed by atoms with Crippen LogP contribution in [0.15, 0.2) is 34.8 Å². The highest BCUT2D eigenvalue weighted by atomic mass is 79.9. The van der Waals surface area contributed by atoms with Crippen LogP contribution in [0.1, 0.15) is 24.8 Å². The van der Waals surface area contributed by atoms with E-state index in [9.17, 15) is 4.79 Å². The first-order valence-corrected chi connectivity index (χ1v) is 6.77. The monoisotopic (exact) mass is 293 g/mol. The van der Waals surface area contributed by atoms with Gasteiger partial charge in [-0.25, -0.2) is 0 Å². The minimum absolute atomic E-state index is 0.129. The van der Waals surface area contributed by atoms with Gasteiger partial charge in [-0.1, -0.05) is 28.1 Å². The van der Waals surface area contributed by atoms with Gasteiger partial charge in [0.1, 0.15) is 0 Å². The van der Waals surface area contributed by atoms with Crippen molar-refractivity contribution in [1.29, 1.82) is 0 Å². The molecule has 0 spiro atoms. The number of likely N-dealkylation sites (tertiary alicyclic amines) is 1. The third kappa shape index (κ3) is 3.70. The van der Waals surface area contributed by atoms with Crippen molar-refractivity contribution in [3.63, 3.8) is 0 Å². The summed E-state index contributed by atoms with van der Waals surface area (Å²) in [4.78, 5) is 13.8. The molecule has 0 unspecified atom stereocenters. The predicted octanol–water partition coefficient (Wildman–Crippen LogP) is 3.47. The molecule has 1 fully saturated rings. The zero-order chi connectivity index (χ0) is 12.1. The number of rotatable bonds is 2. The van der Waals surface area contributed by atoms with Crippen LogP contribution in [0, 0.1) is 0 Å². The van der Waals surface area contributed by atoms with Crippen LogP contribution in [0.2, 0.25) is 0 Å². The highest BCUT2D eigenvalue weighted by molar-refractivity contribution is 9.10. The molecule has 0 radical (unpaired) electrons. The molecule has 1 amide bonds. The number of amides is 1. The number of nitrogens with zero attached hydrogens (tertiary/aromatic N) is 1. The first-order chi connectivity index (χ1) is 8.25. The van der Waals surface area contributed by atoms with Crippen LogP contribution in [0.4, 0.5) is 0 Å². The molecular weight excluding hydrogens is 278 g/mol. The molecule has 1 aromatic rings. The molecule has 0 N–H and O–H groups in total. The summed E-state index contributed by atoms with van der Waals surface area (Å²) in [6, 6.07) is 7.93. The number of hydrogen-bond acceptors (Lipinski definition) is 1. The first kappa shape index (κ1) is 12.4. The largest absolute Gasteiger partial charge is 0.339 e. The molecule has 1 saturated heterocycles. The summed E-state index contributed by atoms with van der Waals surface area (Å²) in [7, 11) is 0. The van der Waals surface area contributed by atoms with Gasteiger partial charge in [-0.15, -0.1) is 0 Å². The van der Waals surface area contributed by atoms with Crippen molar-refractivity contribution >= 4 is 27.9 Å². The fourth-order valence-electron chi connectivity index (χ4n) is 2.00. The van der Waals surface area contributed by atoms with E-state index in [1.165, 1.54) is 6.42 Å². The fraction of sp³-hybridized carbons (Fsp3) is 0.357. The second-order valence-corrected chi connectivity index (χ2v) is 5.19. The fourth-order valence-corrected chi connectivity index (χ4v) is 2.41. The van der Waals surface area contributed by atoms with Gasteiger partial charge >= 0.3 is 0 Å². The molecule has 1 heterocycles. The Morgan fingerprint density at radius 2 is 2.00 bits per heavy atom. The highest BCUT2D eigenvalue weighted by Gasteiger charge is 2.13. The van der Waals surface area contributed by atoms with E-state index < -0.39 is 0 Å². The predicted molar refractivity (Wildman–Crippen MR) is 73.6 cm³/mol. The van der Waals surface area contributed by atoms with E-state index in [0.29, 0.717) is 0 Å². The summed E-state index contributed by atoms with van der Waals surface area (Å²) in [6.07, 6.45) is 7.07. The van der Waals surface area contributed by atoms with E-state index in [1.807, 2.05) is 35.2 Å². The summed E-state index contributed by atoms with van der Waals surface area (Å²) in [5.41, 5.74) is 1.05. The molecular formula is C14H16BrNO. The Hall–Kier alpha value is -1.09. The summed E-state index contributed by atoms with van der Waals surface area (Å²) >= 11 is 3.42. The van der Waals surface area contributed by atoms with Crippen molar-refractivity contribution in [3.8, 4) is 0 Å². The van der Waals surface area contributed by atoms with Gasteiger partial charge in [0.25, 0.3) is 0 Å². The lowest BCUT2D eigenvalue weighted by Crippen LogP contribution is -2.34. The van der Waals surface area contributed by atoms with Crippen LogP contribution >= 0.6 is 15.9 Å². The maximum Gasteiger partial charge on any atom is 0.246 e. The minimum Gasteiger partial charge on any atom is -0.339 e. The molecule has 1 aliphatic heterocycles. The van der Waals surface area contributed by atoms with E-state index >= 15 is 0 Å². The molecule has 1 aliphatic rings. The van der Waals surface area contributed by atoms with Gasteiger partial charge in [0.2, 0.25) is 5.91 Å². The average Bonchev–Trinajstić information content (AvgIpc) is 2.37. The lowest BCUT2D eigenvalue weighted by atomic mass is 10.1. The van der Waals surface area contributed by atoms with Crippen molar-refractivity contribution in [1.82, 2.24) is 4.90 Å². The Balaban J connectivity index is 1.97. The normalized spacial score (nSPS) is 16.4. The van der Waals surface area contributed by atoms with E-state index in [1.54, 1.807) is 6.08 Å². The molecule has 2 rings (SSSR count). The molecule has 0 aromatic heterocycles. The van der Waals surface area contributed by atoms with Crippen molar-refractivity contribution in [2.45, 2.75) is 19.3 Å². The van der Waals surface area contributed by atoms with Gasteiger partial charge in [0.05, 0.1) is 0 Å². The minimum atomic E-state index is 0.129. The Morgan fingerprint density at radius 1 is 1.24 bits per heavy atom. The standard InChI is InChI=1S/C14H16BrNO/c15-13-6-4-5-12(11-13)7-8-14(17)16-9-2-1-3-10-16/h4-8,11H,1-3,9-10H2/b8-7+. The van der Waals surface area contributed by atoms with Crippen molar-refractivity contribution < 1.29 is 4.79 Å². The first-order valence-electron chi connectivity index (χ1n) is 5.98. The van der Waals surface area contributed by atoms with E-state index in [-0.39, 0.29) is 5.91 Å². The molecule has 2 nitrogen and oxygen atoms in total. The molecule has 3 heteroatoms. The summed E-state index contributed by atoms with van der Waals surface area (Å²) in [5.74, 6) is 0.129. The molecule has 0 saturated carbocycles. The van der Waals surface area contributed by atoms with Crippen LogP contribution in [0.3, 0.4) is 0 Å². The maximum atomic E-state index is 11.9. The SMILES string of the molecule is O=C(/C=C/c1cccc(Br)c1)N1CCCCC1. The Bertz CT molecular complexity index is 422. The number of benzene rings is 1. The lowest BCUT2D eigenvalue weighted by Gasteiger charge is -2.25. The maximum absolute atomic E-state index is 11.9. The summed E-state index contributed by atoms with van der Waals surface area (Å²) < 4.78 is 1.03. The van der Waals surface area contributed by atoms with Gasteiger partial charge in [-0.3, -0.25) is 4.79 Å². The van der Waals surface area contributed by atoms with E-state index in [2.05, 4.69) is 15.9 Å². The number of piperidine rings is 1. The Labute approximate surface area is 110 Å². The smallest absolute Gasteiger partial charge is 0.246 e. The average molecular weight is 294 g/mol. The summed E-state index contributed by atoms with van der Waals surface area (Å²) in [5, 5.41) is 0. The van der Waals surface area contributed by atoms with Crippen molar-refractivity contribution in [2.24, 2.45) is 0 Å². The topological polar surface area (TPSA) is 20.3 Å². The number of halogens is 1. The van der Waals surface area contributed by atoms with Gasteiger partial charge in [-0.05, 0) is 43.0 Å². The van der Waals surface area contributed by atoms with Crippen molar-refractivity contribution in [2.75, 3.05) is 13.1 Å². The molecule has 0 bridgehead atoms. The number of carbonyl (C=O) groups excluding carboxylic acids is 1. The second kappa shape index (κ2) is 6.01. The molecule has 1 aromatic carbocycles. The van der Waals surface area contributed by atoms with E-state index in [0.717, 1.165) is 36.0 Å². The quantitative estimate of drug-likeness (QED) is 0.765. The zero-order valence-corrected chi connectivity index (χ0v) is 11.3. The van der Waals surface area contributed by atoms with Gasteiger partial charge in [0, 0.05) is 23.6 Å². The van der Waals surface area contributed by atoms with E-state index in [4.69, 9.17) is 0 Å². The second-order valence-electron chi connectivity index (χ2n) is 4.27. The molecule has 0 aliphatic carbocycles. The van der Waals surface area contributed by atoms with Crippen LogP contribution < -0.4 is 0 Å². The van der Waals surface area contributed by atoms with Crippen LogP contribution in [0.25, 0.3) is 6.08 Å². The Morgan fingerprint density at radius 3 is 2.71 bits per heavy atom. The zero-order valence-electron chi connectivity index (χ0n) is 9.73. The third-order valence-electron chi connectivity index (χ3n) is 2.93.